The molecule has 0 bridgehead atoms. The molecule has 0 aliphatic rings. The lowest BCUT2D eigenvalue weighted by Gasteiger charge is -2.06. The van der Waals surface area contributed by atoms with Crippen LogP contribution < -0.4 is 5.69 Å². The van der Waals surface area contributed by atoms with Crippen LogP contribution >= 0.6 is 15.9 Å². The van der Waals surface area contributed by atoms with Gasteiger partial charge in [0.05, 0.1) is 11.1 Å². The number of benzene rings is 1. The van der Waals surface area contributed by atoms with Crippen molar-refractivity contribution >= 4 is 33.1 Å². The Morgan fingerprint density at radius 2 is 2.03 bits per heavy atom. The highest BCUT2D eigenvalue weighted by Crippen LogP contribution is 2.25. The summed E-state index contributed by atoms with van der Waals surface area (Å²) in [5, 5.41) is 7.75. The maximum absolute atomic E-state index is 12.5. The number of pyridine rings is 1. The van der Waals surface area contributed by atoms with Gasteiger partial charge in [-0.2, -0.15) is 0 Å². The highest BCUT2D eigenvalue weighted by molar-refractivity contribution is 9.10. The van der Waals surface area contributed by atoms with Crippen LogP contribution in [0, 0.1) is 0 Å². The molecule has 11 heteroatoms. The third kappa shape index (κ3) is 3.73. The van der Waals surface area contributed by atoms with Crippen molar-refractivity contribution in [3.63, 3.8) is 0 Å². The third-order valence-electron chi connectivity index (χ3n) is 4.77. The van der Waals surface area contributed by atoms with Crippen LogP contribution in [0.25, 0.3) is 33.9 Å². The fraction of sp³-hybridized carbons (Fsp3) is 0.0952. The average Bonchev–Trinajstić information content (AvgIpc) is 3.52. The maximum atomic E-state index is 12.5. The van der Waals surface area contributed by atoms with Gasteiger partial charge in [0.15, 0.2) is 22.7 Å². The normalized spacial score (nSPS) is 11.2. The number of nitrogens with one attached hydrogen (secondary N) is 1. The molecule has 32 heavy (non-hydrogen) atoms. The molecule has 1 aromatic carbocycles. The summed E-state index contributed by atoms with van der Waals surface area (Å²) in [4.78, 5) is 31.3. The van der Waals surface area contributed by atoms with Crippen molar-refractivity contribution in [1.29, 1.82) is 0 Å². The maximum Gasteiger partial charge on any atom is 0.338 e. The quantitative estimate of drug-likeness (QED) is 0.365. The lowest BCUT2D eigenvalue weighted by atomic mass is 10.0. The zero-order valence-corrected chi connectivity index (χ0v) is 18.1. The first-order chi connectivity index (χ1) is 15.5. The molecule has 0 saturated heterocycles. The minimum absolute atomic E-state index is 0.139. The lowest BCUT2D eigenvalue weighted by molar-refractivity contribution is 0.0438. The number of halogens is 1. The number of fused-ring (bicyclic) bond motifs is 1. The number of aromatic amines is 1. The lowest BCUT2D eigenvalue weighted by Crippen LogP contribution is -2.11. The summed E-state index contributed by atoms with van der Waals surface area (Å²) in [6.07, 6.45) is 1.63. The second kappa shape index (κ2) is 7.93. The number of carbonyl (C=O) groups is 1. The molecular weight excluding hydrogens is 482 g/mol. The summed E-state index contributed by atoms with van der Waals surface area (Å²) in [7, 11) is 1.66. The van der Waals surface area contributed by atoms with E-state index in [9.17, 15) is 9.59 Å². The summed E-state index contributed by atoms with van der Waals surface area (Å²) < 4.78 is 18.1. The molecule has 0 atom stereocenters. The van der Waals surface area contributed by atoms with Gasteiger partial charge in [-0.15, -0.1) is 10.2 Å². The average molecular weight is 496 g/mol. The Bertz CT molecular complexity index is 1510. The topological polar surface area (TPSA) is 129 Å². The number of aryl methyl sites for hydroxylation is 1. The molecule has 10 nitrogen and oxygen atoms in total. The minimum Gasteiger partial charge on any atom is -0.452 e. The first-order valence-electron chi connectivity index (χ1n) is 9.38. The number of furan rings is 1. The van der Waals surface area contributed by atoms with Gasteiger partial charge in [-0.3, -0.25) is 9.55 Å². The summed E-state index contributed by atoms with van der Waals surface area (Å²) in [5.74, 6) is 0.182. The van der Waals surface area contributed by atoms with Gasteiger partial charge in [0.1, 0.15) is 0 Å². The highest BCUT2D eigenvalue weighted by atomic mass is 79.9. The number of aromatic nitrogens is 5. The minimum atomic E-state index is -0.546. The predicted molar refractivity (Wildman–Crippen MR) is 116 cm³/mol. The van der Waals surface area contributed by atoms with Crippen molar-refractivity contribution in [2.45, 2.75) is 6.61 Å². The van der Waals surface area contributed by atoms with Crippen LogP contribution in [0.5, 0.6) is 0 Å². The second-order valence-electron chi connectivity index (χ2n) is 6.84. The molecule has 5 aromatic rings. The highest BCUT2D eigenvalue weighted by Gasteiger charge is 2.15. The monoisotopic (exact) mass is 495 g/mol. The van der Waals surface area contributed by atoms with Crippen LogP contribution in [0.3, 0.4) is 0 Å². The molecule has 5 rings (SSSR count). The summed E-state index contributed by atoms with van der Waals surface area (Å²) in [6.45, 7) is -0.184. The van der Waals surface area contributed by atoms with Crippen LogP contribution in [0.2, 0.25) is 0 Å². The van der Waals surface area contributed by atoms with Gasteiger partial charge in [0.25, 0.3) is 11.8 Å². The molecule has 0 aliphatic carbocycles. The Kier molecular flexibility index (Phi) is 4.94. The van der Waals surface area contributed by atoms with Crippen molar-refractivity contribution in [1.82, 2.24) is 24.7 Å². The van der Waals surface area contributed by atoms with E-state index in [1.54, 1.807) is 43.6 Å². The van der Waals surface area contributed by atoms with Crippen LogP contribution in [0.4, 0.5) is 0 Å². The van der Waals surface area contributed by atoms with E-state index in [-0.39, 0.29) is 24.1 Å². The Balaban J connectivity index is 1.32. The van der Waals surface area contributed by atoms with E-state index in [0.29, 0.717) is 27.2 Å². The number of carbonyl (C=O) groups excluding carboxylic acids is 1. The molecule has 1 N–H and O–H groups in total. The zero-order valence-electron chi connectivity index (χ0n) is 16.5. The van der Waals surface area contributed by atoms with E-state index in [1.807, 2.05) is 12.1 Å². The number of hydrogen-bond donors (Lipinski definition) is 1. The van der Waals surface area contributed by atoms with Gasteiger partial charge in [-0.25, -0.2) is 14.6 Å². The van der Waals surface area contributed by atoms with E-state index in [0.717, 1.165) is 11.1 Å². The number of rotatable bonds is 5. The molecular formula is C21H14BrN5O5. The summed E-state index contributed by atoms with van der Waals surface area (Å²) in [6, 6.07) is 12.1. The summed E-state index contributed by atoms with van der Waals surface area (Å²) >= 11 is 3.20. The number of imidazole rings is 1. The molecule has 0 aliphatic heterocycles. The number of hydrogen-bond acceptors (Lipinski definition) is 8. The SMILES string of the molecule is Cn1c(=O)[nH]c2ncc(-c3cccc(C(=O)OCc4nnc(-c5ccc(Br)o5)o4)c3)cc21. The third-order valence-corrected chi connectivity index (χ3v) is 5.19. The summed E-state index contributed by atoms with van der Waals surface area (Å²) in [5.41, 5.74) is 2.78. The molecule has 4 heterocycles. The Morgan fingerprint density at radius 1 is 1.16 bits per heavy atom. The first kappa shape index (κ1) is 19.9. The standard InChI is InChI=1S/C21H14BrN5O5/c1-27-14-8-13(9-23-18(14)24-21(27)29)11-3-2-4-12(7-11)20(28)30-10-17-25-26-19(32-17)15-5-6-16(22)31-15/h2-9H,10H2,1H3,(H,23,24,29). The number of esters is 1. The zero-order chi connectivity index (χ0) is 22.2. The van der Waals surface area contributed by atoms with E-state index in [4.69, 9.17) is 13.6 Å². The van der Waals surface area contributed by atoms with E-state index < -0.39 is 5.97 Å². The Labute approximate surface area is 188 Å². The first-order valence-corrected chi connectivity index (χ1v) is 10.2. The Morgan fingerprint density at radius 3 is 2.84 bits per heavy atom. The van der Waals surface area contributed by atoms with E-state index >= 15 is 0 Å². The molecule has 0 unspecified atom stereocenters. The number of H-pyrrole nitrogens is 1. The van der Waals surface area contributed by atoms with Gasteiger partial charge in [0, 0.05) is 18.8 Å². The molecule has 0 radical (unpaired) electrons. The van der Waals surface area contributed by atoms with Crippen LogP contribution in [0.1, 0.15) is 16.2 Å². The van der Waals surface area contributed by atoms with E-state index in [2.05, 4.69) is 36.1 Å². The molecule has 160 valence electrons. The van der Waals surface area contributed by atoms with Crippen LogP contribution in [-0.4, -0.2) is 30.7 Å². The molecule has 4 aromatic heterocycles. The van der Waals surface area contributed by atoms with Gasteiger partial charge in [-0.05, 0) is 51.8 Å². The number of nitrogens with zero attached hydrogens (tertiary/aromatic N) is 4. The van der Waals surface area contributed by atoms with Crippen molar-refractivity contribution < 1.29 is 18.4 Å². The van der Waals surface area contributed by atoms with Crippen molar-refractivity contribution in [3.8, 4) is 22.8 Å². The van der Waals surface area contributed by atoms with Crippen LogP contribution in [-0.2, 0) is 18.4 Å². The smallest absolute Gasteiger partial charge is 0.338 e. The largest absolute Gasteiger partial charge is 0.452 e. The molecule has 0 saturated carbocycles. The molecule has 0 fully saturated rings. The Hall–Kier alpha value is -3.99. The van der Waals surface area contributed by atoms with Gasteiger partial charge < -0.3 is 13.6 Å². The second-order valence-corrected chi connectivity index (χ2v) is 7.62. The van der Waals surface area contributed by atoms with Gasteiger partial charge in [-0.1, -0.05) is 12.1 Å². The van der Waals surface area contributed by atoms with Crippen molar-refractivity contribution in [3.05, 3.63) is 75.3 Å². The van der Waals surface area contributed by atoms with Crippen molar-refractivity contribution in [2.24, 2.45) is 7.05 Å². The van der Waals surface area contributed by atoms with E-state index in [1.165, 1.54) is 4.57 Å². The number of ether oxygens (including phenoxy) is 1. The fourth-order valence-electron chi connectivity index (χ4n) is 3.13. The molecule has 0 spiro atoms. The predicted octanol–water partition coefficient (Wildman–Crippen LogP) is 3.69. The van der Waals surface area contributed by atoms with Crippen molar-refractivity contribution in [2.75, 3.05) is 0 Å². The van der Waals surface area contributed by atoms with Gasteiger partial charge in [0.2, 0.25) is 0 Å². The van der Waals surface area contributed by atoms with Crippen LogP contribution in [0.15, 0.2) is 67.0 Å². The molecule has 0 amide bonds. The van der Waals surface area contributed by atoms with Gasteiger partial charge >= 0.3 is 11.7 Å². The fourth-order valence-corrected chi connectivity index (χ4v) is 3.44.